The number of hydrogen-bond donors (Lipinski definition) is 1. The number of benzene rings is 1. The highest BCUT2D eigenvalue weighted by molar-refractivity contribution is 5.57. The van der Waals surface area contributed by atoms with Crippen molar-refractivity contribution < 1.29 is 14.4 Å². The van der Waals surface area contributed by atoms with Crippen molar-refractivity contribution in [2.45, 2.75) is 26.1 Å². The molecule has 19 heavy (non-hydrogen) atoms. The van der Waals surface area contributed by atoms with E-state index in [-0.39, 0.29) is 0 Å². The van der Waals surface area contributed by atoms with E-state index in [2.05, 4.69) is 32.1 Å². The van der Waals surface area contributed by atoms with Gasteiger partial charge < -0.3 is 14.4 Å². The van der Waals surface area contributed by atoms with Crippen molar-refractivity contribution in [2.24, 2.45) is 0 Å². The van der Waals surface area contributed by atoms with E-state index in [1.807, 2.05) is 18.2 Å². The van der Waals surface area contributed by atoms with Gasteiger partial charge in [-0.25, -0.2) is 0 Å². The minimum atomic E-state index is 0.360. The van der Waals surface area contributed by atoms with E-state index in [0.29, 0.717) is 12.2 Å². The third-order valence-corrected chi connectivity index (χ3v) is 3.46. The second-order valence-corrected chi connectivity index (χ2v) is 5.26. The van der Waals surface area contributed by atoms with Crippen LogP contribution < -0.4 is 9.64 Å². The molecular formula is C16H24NO2+. The Bertz CT molecular complexity index is 421. The lowest BCUT2D eigenvalue weighted by atomic mass is 10.2. The first-order valence-electron chi connectivity index (χ1n) is 6.97. The SMILES string of the molecule is COc1ccccc1/C=C/C[NH+]1C[C@@H](C)O[C@H](C)C1. The largest absolute Gasteiger partial charge is 0.496 e. The second-order valence-electron chi connectivity index (χ2n) is 5.26. The molecule has 3 heteroatoms. The molecule has 1 fully saturated rings. The zero-order valence-corrected chi connectivity index (χ0v) is 12.1. The molecule has 0 bridgehead atoms. The summed E-state index contributed by atoms with van der Waals surface area (Å²) in [5, 5.41) is 0. The number of para-hydroxylation sites is 1. The van der Waals surface area contributed by atoms with Gasteiger partial charge in [0, 0.05) is 5.56 Å². The molecule has 1 N–H and O–H groups in total. The molecule has 0 radical (unpaired) electrons. The Balaban J connectivity index is 1.92. The number of hydrogen-bond acceptors (Lipinski definition) is 2. The van der Waals surface area contributed by atoms with Gasteiger partial charge in [0.15, 0.2) is 0 Å². The van der Waals surface area contributed by atoms with Crippen LogP contribution in [0.3, 0.4) is 0 Å². The molecule has 3 nitrogen and oxygen atoms in total. The second kappa shape index (κ2) is 6.73. The van der Waals surface area contributed by atoms with E-state index >= 15 is 0 Å². The monoisotopic (exact) mass is 262 g/mol. The zero-order valence-electron chi connectivity index (χ0n) is 12.1. The van der Waals surface area contributed by atoms with Gasteiger partial charge >= 0.3 is 0 Å². The van der Waals surface area contributed by atoms with Gasteiger partial charge in [-0.05, 0) is 32.1 Å². The van der Waals surface area contributed by atoms with Crippen LogP contribution in [0.15, 0.2) is 30.3 Å². The fraction of sp³-hybridized carbons (Fsp3) is 0.500. The third kappa shape index (κ3) is 4.08. The summed E-state index contributed by atoms with van der Waals surface area (Å²) < 4.78 is 11.1. The maximum Gasteiger partial charge on any atom is 0.126 e. The Morgan fingerprint density at radius 1 is 1.26 bits per heavy atom. The highest BCUT2D eigenvalue weighted by atomic mass is 16.5. The minimum Gasteiger partial charge on any atom is -0.496 e. The minimum absolute atomic E-state index is 0.360. The van der Waals surface area contributed by atoms with Crippen LogP contribution in [0.2, 0.25) is 0 Å². The molecule has 104 valence electrons. The normalized spacial score (nSPS) is 27.6. The fourth-order valence-electron chi connectivity index (χ4n) is 2.71. The number of rotatable bonds is 4. The highest BCUT2D eigenvalue weighted by Gasteiger charge is 2.24. The Hall–Kier alpha value is -1.32. The molecule has 1 aliphatic rings. The quantitative estimate of drug-likeness (QED) is 0.886. The van der Waals surface area contributed by atoms with Gasteiger partial charge in [0.25, 0.3) is 0 Å². The number of nitrogens with one attached hydrogen (secondary N) is 1. The van der Waals surface area contributed by atoms with Gasteiger partial charge in [0.1, 0.15) is 31.0 Å². The Labute approximate surface area is 115 Å². The zero-order chi connectivity index (χ0) is 13.7. The van der Waals surface area contributed by atoms with Gasteiger partial charge in [-0.2, -0.15) is 0 Å². The molecular weight excluding hydrogens is 238 g/mol. The molecule has 0 aromatic heterocycles. The van der Waals surface area contributed by atoms with Crippen molar-refractivity contribution in [3.05, 3.63) is 35.9 Å². The van der Waals surface area contributed by atoms with Crippen LogP contribution in [-0.2, 0) is 4.74 Å². The molecule has 2 rings (SSSR count). The van der Waals surface area contributed by atoms with Crippen LogP contribution in [0, 0.1) is 0 Å². The molecule has 0 spiro atoms. The summed E-state index contributed by atoms with van der Waals surface area (Å²) in [5.74, 6) is 0.928. The Kier molecular flexibility index (Phi) is 5.00. The average Bonchev–Trinajstić information content (AvgIpc) is 2.38. The van der Waals surface area contributed by atoms with Crippen LogP contribution in [0.25, 0.3) is 6.08 Å². The van der Waals surface area contributed by atoms with E-state index in [9.17, 15) is 0 Å². The summed E-state index contributed by atoms with van der Waals surface area (Å²) in [5.41, 5.74) is 1.14. The van der Waals surface area contributed by atoms with Crippen molar-refractivity contribution in [1.82, 2.24) is 0 Å². The number of quaternary nitrogens is 1. The van der Waals surface area contributed by atoms with Crippen molar-refractivity contribution in [3.8, 4) is 5.75 Å². The predicted octanol–water partition coefficient (Wildman–Crippen LogP) is 1.40. The van der Waals surface area contributed by atoms with Crippen molar-refractivity contribution >= 4 is 6.08 Å². The Morgan fingerprint density at radius 2 is 1.95 bits per heavy atom. The van der Waals surface area contributed by atoms with E-state index in [1.54, 1.807) is 12.0 Å². The molecule has 1 saturated heterocycles. The standard InChI is InChI=1S/C16H23NO2/c1-13-11-17(12-14(2)19-13)10-6-8-15-7-4-5-9-16(15)18-3/h4-9,13-14H,10-12H2,1-3H3/p+1/b8-6+/t13-,14-/m1/s1. The van der Waals surface area contributed by atoms with Gasteiger partial charge in [-0.1, -0.05) is 18.2 Å². The lowest BCUT2D eigenvalue weighted by Gasteiger charge is -2.31. The van der Waals surface area contributed by atoms with Gasteiger partial charge in [-0.3, -0.25) is 0 Å². The van der Waals surface area contributed by atoms with Crippen LogP contribution in [0.4, 0.5) is 0 Å². The maximum atomic E-state index is 5.75. The molecule has 1 aromatic rings. The number of methoxy groups -OCH3 is 1. The lowest BCUT2D eigenvalue weighted by molar-refractivity contribution is -0.909. The van der Waals surface area contributed by atoms with Gasteiger partial charge in [-0.15, -0.1) is 0 Å². The molecule has 0 unspecified atom stereocenters. The molecule has 0 aliphatic carbocycles. The summed E-state index contributed by atoms with van der Waals surface area (Å²) in [4.78, 5) is 1.58. The first-order valence-corrected chi connectivity index (χ1v) is 6.97. The summed E-state index contributed by atoms with van der Waals surface area (Å²) in [7, 11) is 1.71. The summed E-state index contributed by atoms with van der Waals surface area (Å²) in [6.07, 6.45) is 5.10. The summed E-state index contributed by atoms with van der Waals surface area (Å²) in [6, 6.07) is 8.10. The topological polar surface area (TPSA) is 22.9 Å². The van der Waals surface area contributed by atoms with Crippen molar-refractivity contribution in [1.29, 1.82) is 0 Å². The first-order chi connectivity index (χ1) is 9.19. The van der Waals surface area contributed by atoms with Crippen molar-refractivity contribution in [2.75, 3.05) is 26.7 Å². The van der Waals surface area contributed by atoms with E-state index in [4.69, 9.17) is 9.47 Å². The highest BCUT2D eigenvalue weighted by Crippen LogP contribution is 2.18. The smallest absolute Gasteiger partial charge is 0.126 e. The molecule has 2 atom stereocenters. The fourth-order valence-corrected chi connectivity index (χ4v) is 2.71. The molecule has 0 amide bonds. The van der Waals surface area contributed by atoms with Gasteiger partial charge in [0.2, 0.25) is 0 Å². The number of morpholine rings is 1. The summed E-state index contributed by atoms with van der Waals surface area (Å²) >= 11 is 0. The first kappa shape index (κ1) is 14.1. The molecule has 1 aliphatic heterocycles. The van der Waals surface area contributed by atoms with Crippen LogP contribution >= 0.6 is 0 Å². The van der Waals surface area contributed by atoms with Gasteiger partial charge in [0.05, 0.1) is 13.7 Å². The van der Waals surface area contributed by atoms with E-state index in [1.165, 1.54) is 0 Å². The molecule has 1 aromatic carbocycles. The van der Waals surface area contributed by atoms with Crippen LogP contribution in [0.5, 0.6) is 5.75 Å². The number of ether oxygens (including phenoxy) is 2. The lowest BCUT2D eigenvalue weighted by Crippen LogP contribution is -3.15. The maximum absolute atomic E-state index is 5.75. The molecule has 1 heterocycles. The average molecular weight is 262 g/mol. The van der Waals surface area contributed by atoms with Crippen LogP contribution in [0.1, 0.15) is 19.4 Å². The predicted molar refractivity (Wildman–Crippen MR) is 77.6 cm³/mol. The Morgan fingerprint density at radius 3 is 2.63 bits per heavy atom. The third-order valence-electron chi connectivity index (χ3n) is 3.46. The van der Waals surface area contributed by atoms with Crippen molar-refractivity contribution in [3.63, 3.8) is 0 Å². The van der Waals surface area contributed by atoms with Crippen LogP contribution in [-0.4, -0.2) is 39.0 Å². The summed E-state index contributed by atoms with van der Waals surface area (Å²) in [6.45, 7) is 7.51. The van der Waals surface area contributed by atoms with E-state index < -0.39 is 0 Å². The van der Waals surface area contributed by atoms with E-state index in [0.717, 1.165) is 30.9 Å². The molecule has 0 saturated carbocycles.